The zero-order valence-electron chi connectivity index (χ0n) is 25.2. The van der Waals surface area contributed by atoms with Crippen molar-refractivity contribution in [3.05, 3.63) is 33.4 Å². The molecule has 262 valence electrons. The summed E-state index contributed by atoms with van der Waals surface area (Å²) in [6.07, 6.45) is -0.891. The van der Waals surface area contributed by atoms with E-state index in [2.05, 4.69) is 16.0 Å². The van der Waals surface area contributed by atoms with Crippen molar-refractivity contribution in [1.82, 2.24) is 26.2 Å². The van der Waals surface area contributed by atoms with E-state index in [0.717, 1.165) is 20.2 Å². The molecule has 1 aliphatic rings. The lowest BCUT2D eigenvalue weighted by Gasteiger charge is -2.19. The van der Waals surface area contributed by atoms with Crippen molar-refractivity contribution in [3.63, 3.8) is 0 Å². The van der Waals surface area contributed by atoms with Crippen LogP contribution < -0.4 is 21.3 Å². The van der Waals surface area contributed by atoms with Crippen LogP contribution in [0.5, 0.6) is 0 Å². The van der Waals surface area contributed by atoms with E-state index >= 15 is 0 Å². The van der Waals surface area contributed by atoms with Crippen molar-refractivity contribution >= 4 is 87.9 Å². The quantitative estimate of drug-likeness (QED) is 0.0477. The number of benzene rings is 1. The summed E-state index contributed by atoms with van der Waals surface area (Å²) in [5.41, 5.74) is 0.333. The monoisotopic (exact) mass is 807 g/mol. The first-order valence-electron chi connectivity index (χ1n) is 14.3. The zero-order chi connectivity index (χ0) is 36.0. The maximum Gasteiger partial charge on any atom is 0.327 e. The Balaban J connectivity index is 1.80. The molecular weight excluding hydrogens is 773 g/mol. The number of carboxylic acid groups (broad SMARTS) is 4. The predicted molar refractivity (Wildman–Crippen MR) is 174 cm³/mol. The molecule has 18 nitrogen and oxygen atoms in total. The molecule has 1 heterocycles. The molecule has 1 saturated heterocycles. The molecular formula is C28H34IN5O13S. The highest BCUT2D eigenvalue weighted by atomic mass is 127. The van der Waals surface area contributed by atoms with Gasteiger partial charge in [-0.1, -0.05) is 6.07 Å². The number of rotatable bonds is 20. The van der Waals surface area contributed by atoms with E-state index in [4.69, 9.17) is 10.2 Å². The zero-order valence-corrected chi connectivity index (χ0v) is 28.2. The van der Waals surface area contributed by atoms with E-state index in [1.54, 1.807) is 24.3 Å². The van der Waals surface area contributed by atoms with Crippen LogP contribution in [0.3, 0.4) is 0 Å². The van der Waals surface area contributed by atoms with E-state index in [0.29, 0.717) is 5.56 Å². The Labute approximate surface area is 290 Å². The summed E-state index contributed by atoms with van der Waals surface area (Å²) in [4.78, 5) is 108. The summed E-state index contributed by atoms with van der Waals surface area (Å²) < 4.78 is 0.815. The SMILES string of the molecule is O=C(O)CC[C@H](NC(=O)N[C@@H](CSC1CC(=O)N(CCCC[C@H](NC(=O)CNC(=O)c2cccc(I)c2)C(=O)O)C1=O)C(=O)O)C(=O)O. The highest BCUT2D eigenvalue weighted by Gasteiger charge is 2.39. The number of amides is 6. The fourth-order valence-corrected chi connectivity index (χ4v) is 6.03. The molecule has 6 amide bonds. The molecule has 4 atom stereocenters. The molecule has 0 spiro atoms. The first kappa shape index (κ1) is 39.7. The van der Waals surface area contributed by atoms with E-state index in [1.165, 1.54) is 0 Å². The minimum atomic E-state index is -1.59. The van der Waals surface area contributed by atoms with Crippen molar-refractivity contribution < 1.29 is 63.6 Å². The molecule has 0 saturated carbocycles. The lowest BCUT2D eigenvalue weighted by molar-refractivity contribution is -0.142. The lowest BCUT2D eigenvalue weighted by Crippen LogP contribution is -2.52. The van der Waals surface area contributed by atoms with Gasteiger partial charge in [0.15, 0.2) is 0 Å². The molecule has 1 fully saturated rings. The second-order valence-electron chi connectivity index (χ2n) is 10.4. The summed E-state index contributed by atoms with van der Waals surface area (Å²) >= 11 is 2.82. The van der Waals surface area contributed by atoms with Crippen LogP contribution in [-0.2, 0) is 33.6 Å². The number of carbonyl (C=O) groups excluding carboxylic acids is 5. The Morgan fingerprint density at radius 1 is 0.875 bits per heavy atom. The fraction of sp³-hybridized carbons (Fsp3) is 0.464. The van der Waals surface area contributed by atoms with Gasteiger partial charge in [0.25, 0.3) is 5.91 Å². The van der Waals surface area contributed by atoms with E-state index in [1.807, 2.05) is 27.9 Å². The van der Waals surface area contributed by atoms with Gasteiger partial charge < -0.3 is 41.7 Å². The third kappa shape index (κ3) is 13.3. The molecule has 0 aromatic heterocycles. The summed E-state index contributed by atoms with van der Waals surface area (Å²) in [6.45, 7) is -0.515. The average molecular weight is 808 g/mol. The summed E-state index contributed by atoms with van der Waals surface area (Å²) in [5, 5.41) is 44.7. The minimum absolute atomic E-state index is 0.0344. The van der Waals surface area contributed by atoms with Gasteiger partial charge in [-0.05, 0) is 66.5 Å². The maximum absolute atomic E-state index is 12.8. The third-order valence-corrected chi connectivity index (χ3v) is 8.74. The van der Waals surface area contributed by atoms with Gasteiger partial charge in [0.2, 0.25) is 17.7 Å². The molecule has 8 N–H and O–H groups in total. The molecule has 1 aliphatic heterocycles. The first-order valence-corrected chi connectivity index (χ1v) is 16.5. The number of imide groups is 1. The van der Waals surface area contributed by atoms with Crippen molar-refractivity contribution in [1.29, 1.82) is 0 Å². The Kier molecular flexibility index (Phi) is 16.0. The minimum Gasteiger partial charge on any atom is -0.481 e. The van der Waals surface area contributed by atoms with Crippen LogP contribution in [0, 0.1) is 3.57 Å². The van der Waals surface area contributed by atoms with Crippen molar-refractivity contribution in [2.24, 2.45) is 0 Å². The van der Waals surface area contributed by atoms with Gasteiger partial charge in [-0.3, -0.25) is 28.9 Å². The van der Waals surface area contributed by atoms with E-state index in [9.17, 15) is 53.4 Å². The predicted octanol–water partition coefficient (Wildman–Crippen LogP) is -0.308. The summed E-state index contributed by atoms with van der Waals surface area (Å²) in [7, 11) is 0. The van der Waals surface area contributed by atoms with Crippen LogP contribution in [0.2, 0.25) is 0 Å². The third-order valence-electron chi connectivity index (χ3n) is 6.77. The van der Waals surface area contributed by atoms with Crippen molar-refractivity contribution in [2.75, 3.05) is 18.8 Å². The number of aliphatic carboxylic acids is 4. The Morgan fingerprint density at radius 2 is 1.50 bits per heavy atom. The second kappa shape index (κ2) is 19.4. The van der Waals surface area contributed by atoms with Gasteiger partial charge in [0.05, 0.1) is 11.8 Å². The largest absolute Gasteiger partial charge is 0.481 e. The standard InChI is InChI=1S/C28H34IN5O13S/c29-15-5-3-4-14(10-15)23(39)30-12-20(35)31-16(25(41)42)6-1-2-9-34-21(36)11-19(24(34)40)48-13-18(27(45)46)33-28(47)32-17(26(43)44)7-8-22(37)38/h3-5,10,16-19H,1-2,6-9,11-13H2,(H,30,39)(H,31,35)(H,37,38)(H,41,42)(H,43,44)(H,45,46)(H2,32,33,47)/t16-,17-,18-,19?/m0/s1. The highest BCUT2D eigenvalue weighted by molar-refractivity contribution is 14.1. The van der Waals surface area contributed by atoms with Crippen LogP contribution in [0.15, 0.2) is 24.3 Å². The number of carbonyl (C=O) groups is 9. The number of carboxylic acids is 4. The molecule has 20 heteroatoms. The van der Waals surface area contributed by atoms with E-state index < -0.39 is 96.3 Å². The molecule has 48 heavy (non-hydrogen) atoms. The number of unbranched alkanes of at least 4 members (excludes halogenated alkanes) is 1. The Morgan fingerprint density at radius 3 is 2.10 bits per heavy atom. The van der Waals surface area contributed by atoms with Gasteiger partial charge >= 0.3 is 29.9 Å². The Hall–Kier alpha value is -4.47. The van der Waals surface area contributed by atoms with Crippen LogP contribution in [0.25, 0.3) is 0 Å². The molecule has 0 radical (unpaired) electrons. The number of halogens is 1. The van der Waals surface area contributed by atoms with Gasteiger partial charge in [0.1, 0.15) is 18.1 Å². The topological polar surface area (TPSA) is 286 Å². The molecule has 0 aliphatic carbocycles. The number of thioether (sulfide) groups is 1. The molecule has 2 rings (SSSR count). The van der Waals surface area contributed by atoms with Gasteiger partial charge in [-0.2, -0.15) is 0 Å². The number of nitrogens with one attached hydrogen (secondary N) is 4. The van der Waals surface area contributed by atoms with Crippen molar-refractivity contribution in [3.8, 4) is 0 Å². The number of hydrogen-bond acceptors (Lipinski definition) is 10. The summed E-state index contributed by atoms with van der Waals surface area (Å²) in [6, 6.07) is 0.988. The van der Waals surface area contributed by atoms with Gasteiger partial charge in [-0.25, -0.2) is 19.2 Å². The summed E-state index contributed by atoms with van der Waals surface area (Å²) in [5.74, 6) is -8.37. The molecule has 0 bridgehead atoms. The molecule has 1 aromatic rings. The van der Waals surface area contributed by atoms with Gasteiger partial charge in [-0.15, -0.1) is 11.8 Å². The number of urea groups is 1. The molecule has 1 aromatic carbocycles. The number of hydrogen-bond donors (Lipinski definition) is 8. The number of likely N-dealkylation sites (tertiary alicyclic amines) is 1. The highest BCUT2D eigenvalue weighted by Crippen LogP contribution is 2.26. The maximum atomic E-state index is 12.8. The second-order valence-corrected chi connectivity index (χ2v) is 12.9. The van der Waals surface area contributed by atoms with Crippen LogP contribution in [-0.4, -0.2) is 121 Å². The average Bonchev–Trinajstić information content (AvgIpc) is 3.28. The van der Waals surface area contributed by atoms with E-state index in [-0.39, 0.29) is 38.0 Å². The van der Waals surface area contributed by atoms with Crippen LogP contribution >= 0.6 is 34.4 Å². The van der Waals surface area contributed by atoms with Crippen LogP contribution in [0.4, 0.5) is 4.79 Å². The van der Waals surface area contributed by atoms with Crippen LogP contribution in [0.1, 0.15) is 48.9 Å². The smallest absolute Gasteiger partial charge is 0.327 e. The normalized spacial score (nSPS) is 15.9. The van der Waals surface area contributed by atoms with Crippen molar-refractivity contribution in [2.45, 2.75) is 61.9 Å². The molecule has 1 unspecified atom stereocenters. The lowest BCUT2D eigenvalue weighted by atomic mass is 10.1. The number of nitrogens with zero attached hydrogens (tertiary/aromatic N) is 1. The Bertz CT molecular complexity index is 1430. The van der Waals surface area contributed by atoms with Gasteiger partial charge in [0, 0.05) is 34.3 Å². The first-order chi connectivity index (χ1) is 22.6. The fourth-order valence-electron chi connectivity index (χ4n) is 4.30.